The summed E-state index contributed by atoms with van der Waals surface area (Å²) in [4.78, 5) is 31.6. The van der Waals surface area contributed by atoms with Crippen molar-refractivity contribution in [1.82, 2.24) is 4.57 Å². The number of ether oxygens (including phenoxy) is 2. The van der Waals surface area contributed by atoms with Gasteiger partial charge in [-0.3, -0.25) is 9.36 Å². The van der Waals surface area contributed by atoms with E-state index in [4.69, 9.17) is 21.1 Å². The van der Waals surface area contributed by atoms with E-state index < -0.39 is 12.0 Å². The number of hydrogen-bond acceptors (Lipinski definition) is 7. The molecule has 1 atom stereocenters. The van der Waals surface area contributed by atoms with Crippen molar-refractivity contribution >= 4 is 35.0 Å². The summed E-state index contributed by atoms with van der Waals surface area (Å²) >= 11 is 7.25. The molecule has 9 heteroatoms. The molecule has 1 aliphatic rings. The Labute approximate surface area is 211 Å². The molecule has 0 bridgehead atoms. The smallest absolute Gasteiger partial charge is 0.338 e. The molecule has 4 rings (SSSR count). The highest BCUT2D eigenvalue weighted by molar-refractivity contribution is 7.07. The second-order valence-corrected chi connectivity index (χ2v) is 9.69. The zero-order valence-electron chi connectivity index (χ0n) is 19.7. The predicted octanol–water partition coefficient (Wildman–Crippen LogP) is 3.94. The first kappa shape index (κ1) is 24.8. The van der Waals surface area contributed by atoms with Gasteiger partial charge in [0.2, 0.25) is 0 Å². The summed E-state index contributed by atoms with van der Waals surface area (Å²) in [5.41, 5.74) is 1.57. The minimum Gasteiger partial charge on any atom is -0.507 e. The van der Waals surface area contributed by atoms with Crippen molar-refractivity contribution in [3.8, 4) is 11.5 Å². The van der Waals surface area contributed by atoms with E-state index in [-0.39, 0.29) is 24.0 Å². The monoisotopic (exact) mass is 512 g/mol. The summed E-state index contributed by atoms with van der Waals surface area (Å²) in [5.74, 6) is 0.162. The van der Waals surface area contributed by atoms with Crippen LogP contribution >= 0.6 is 22.9 Å². The van der Waals surface area contributed by atoms with Gasteiger partial charge < -0.3 is 14.6 Å². The number of hydrogen-bond donors (Lipinski definition) is 1. The molecule has 0 radical (unpaired) electrons. The number of carbonyl (C=O) groups is 1. The third-order valence-electron chi connectivity index (χ3n) is 5.36. The van der Waals surface area contributed by atoms with Crippen LogP contribution in [0.4, 0.5) is 0 Å². The number of aromatic nitrogens is 1. The van der Waals surface area contributed by atoms with Gasteiger partial charge in [-0.15, -0.1) is 0 Å². The van der Waals surface area contributed by atoms with Gasteiger partial charge in [-0.05, 0) is 69.7 Å². The van der Waals surface area contributed by atoms with Crippen LogP contribution in [-0.2, 0) is 9.53 Å². The molecule has 7 nitrogen and oxygen atoms in total. The van der Waals surface area contributed by atoms with Gasteiger partial charge >= 0.3 is 5.97 Å². The molecule has 0 saturated heterocycles. The normalized spacial score (nSPS) is 15.7. The Morgan fingerprint density at radius 1 is 1.26 bits per heavy atom. The number of halogens is 1. The van der Waals surface area contributed by atoms with E-state index in [1.807, 2.05) is 38.1 Å². The van der Waals surface area contributed by atoms with E-state index in [1.54, 1.807) is 32.1 Å². The highest BCUT2D eigenvalue weighted by atomic mass is 35.5. The molecule has 0 fully saturated rings. The molecule has 1 aliphatic heterocycles. The van der Waals surface area contributed by atoms with E-state index in [0.717, 1.165) is 5.56 Å². The SMILES string of the molecule is CCOC(=O)C1=C(C)N=c2s/c(=C\c3cc(Cl)ccc3O)c(=O)n2C1c1ccc(OC(C)C)cc1. The van der Waals surface area contributed by atoms with Crippen LogP contribution in [-0.4, -0.2) is 28.4 Å². The number of allylic oxidation sites excluding steroid dienone is 1. The molecule has 0 saturated carbocycles. The summed E-state index contributed by atoms with van der Waals surface area (Å²) in [6, 6.07) is 11.2. The highest BCUT2D eigenvalue weighted by Crippen LogP contribution is 2.32. The summed E-state index contributed by atoms with van der Waals surface area (Å²) in [7, 11) is 0. The first-order chi connectivity index (χ1) is 16.7. The number of thiazole rings is 1. The molecule has 182 valence electrons. The van der Waals surface area contributed by atoms with E-state index in [0.29, 0.717) is 36.9 Å². The van der Waals surface area contributed by atoms with Crippen molar-refractivity contribution in [2.24, 2.45) is 4.99 Å². The van der Waals surface area contributed by atoms with Crippen molar-refractivity contribution in [2.45, 2.75) is 39.8 Å². The van der Waals surface area contributed by atoms with Crippen molar-refractivity contribution in [1.29, 1.82) is 0 Å². The van der Waals surface area contributed by atoms with E-state index in [2.05, 4.69) is 4.99 Å². The van der Waals surface area contributed by atoms with Gasteiger partial charge in [0, 0.05) is 10.6 Å². The average molecular weight is 513 g/mol. The molecule has 0 amide bonds. The molecular formula is C26H25ClN2O5S. The van der Waals surface area contributed by atoms with Gasteiger partial charge in [-0.25, -0.2) is 9.79 Å². The van der Waals surface area contributed by atoms with Crippen molar-refractivity contribution < 1.29 is 19.4 Å². The Morgan fingerprint density at radius 2 is 1.97 bits per heavy atom. The zero-order chi connectivity index (χ0) is 25.3. The topological polar surface area (TPSA) is 90.1 Å². The van der Waals surface area contributed by atoms with Gasteiger partial charge in [0.15, 0.2) is 4.80 Å². The van der Waals surface area contributed by atoms with Crippen LogP contribution in [0.1, 0.15) is 44.9 Å². The minimum atomic E-state index is -0.728. The summed E-state index contributed by atoms with van der Waals surface area (Å²) < 4.78 is 12.9. The van der Waals surface area contributed by atoms with E-state index in [9.17, 15) is 14.7 Å². The fraction of sp³-hybridized carbons (Fsp3) is 0.269. The fourth-order valence-electron chi connectivity index (χ4n) is 3.89. The number of fused-ring (bicyclic) bond motifs is 1. The second-order valence-electron chi connectivity index (χ2n) is 8.24. The Balaban J connectivity index is 1.92. The third kappa shape index (κ3) is 5.04. The standard InChI is InChI=1S/C26H25ClN2O5S/c1-5-33-25(32)22-15(4)28-26-29(23(22)16-6-9-19(10-7-16)34-14(2)3)24(31)21(35-26)13-17-12-18(27)8-11-20(17)30/h6-14,23,30H,5H2,1-4H3/b21-13-. The Kier molecular flexibility index (Phi) is 7.14. The lowest BCUT2D eigenvalue weighted by Crippen LogP contribution is -2.39. The first-order valence-corrected chi connectivity index (χ1v) is 12.3. The largest absolute Gasteiger partial charge is 0.507 e. The highest BCUT2D eigenvalue weighted by Gasteiger charge is 2.33. The maximum Gasteiger partial charge on any atom is 0.338 e. The number of phenolic OH excluding ortho intramolecular Hbond substituents is 1. The predicted molar refractivity (Wildman–Crippen MR) is 136 cm³/mol. The van der Waals surface area contributed by atoms with E-state index >= 15 is 0 Å². The summed E-state index contributed by atoms with van der Waals surface area (Å²) in [5, 5.41) is 10.7. The summed E-state index contributed by atoms with van der Waals surface area (Å²) in [6.45, 7) is 7.54. The molecule has 3 aromatic rings. The number of aromatic hydroxyl groups is 1. The fourth-order valence-corrected chi connectivity index (χ4v) is 5.11. The van der Waals surface area contributed by atoms with Crippen molar-refractivity contribution in [2.75, 3.05) is 6.61 Å². The van der Waals surface area contributed by atoms with Gasteiger partial charge in [0.05, 0.1) is 34.6 Å². The third-order valence-corrected chi connectivity index (χ3v) is 6.58. The van der Waals surface area contributed by atoms with E-state index in [1.165, 1.54) is 22.0 Å². The van der Waals surface area contributed by atoms with Crippen LogP contribution in [0.25, 0.3) is 6.08 Å². The van der Waals surface area contributed by atoms with Crippen LogP contribution in [0.15, 0.2) is 63.5 Å². The molecular weight excluding hydrogens is 488 g/mol. The molecule has 2 heterocycles. The summed E-state index contributed by atoms with van der Waals surface area (Å²) in [6.07, 6.45) is 1.59. The second kappa shape index (κ2) is 10.1. The minimum absolute atomic E-state index is 0.000852. The number of phenols is 1. The van der Waals surface area contributed by atoms with Crippen LogP contribution in [0.2, 0.25) is 5.02 Å². The average Bonchev–Trinajstić information content (AvgIpc) is 3.10. The van der Waals surface area contributed by atoms with Crippen LogP contribution in [0, 0.1) is 0 Å². The molecule has 0 aliphatic carbocycles. The number of esters is 1. The van der Waals surface area contributed by atoms with Crippen LogP contribution in [0.5, 0.6) is 11.5 Å². The van der Waals surface area contributed by atoms with Gasteiger partial charge in [0.1, 0.15) is 11.5 Å². The van der Waals surface area contributed by atoms with Crippen molar-refractivity contribution in [3.05, 3.63) is 89.6 Å². The Bertz CT molecular complexity index is 1490. The quantitative estimate of drug-likeness (QED) is 0.505. The molecule has 0 spiro atoms. The van der Waals surface area contributed by atoms with Crippen LogP contribution < -0.4 is 19.6 Å². The van der Waals surface area contributed by atoms with Gasteiger partial charge in [0.25, 0.3) is 5.56 Å². The zero-order valence-corrected chi connectivity index (χ0v) is 21.3. The van der Waals surface area contributed by atoms with Gasteiger partial charge in [-0.1, -0.05) is 35.1 Å². The lowest BCUT2D eigenvalue weighted by atomic mass is 9.96. The number of carbonyl (C=O) groups excluding carboxylic acids is 1. The Morgan fingerprint density at radius 3 is 2.63 bits per heavy atom. The van der Waals surface area contributed by atoms with Crippen LogP contribution in [0.3, 0.4) is 0 Å². The van der Waals surface area contributed by atoms with Gasteiger partial charge in [-0.2, -0.15) is 0 Å². The molecule has 1 aromatic heterocycles. The molecule has 1 unspecified atom stereocenters. The first-order valence-electron chi connectivity index (χ1n) is 11.1. The maximum atomic E-state index is 13.6. The lowest BCUT2D eigenvalue weighted by Gasteiger charge is -2.25. The molecule has 1 N–H and O–H groups in total. The number of rotatable bonds is 6. The molecule has 2 aromatic carbocycles. The molecule has 35 heavy (non-hydrogen) atoms. The van der Waals surface area contributed by atoms with Crippen molar-refractivity contribution in [3.63, 3.8) is 0 Å². The number of nitrogens with zero attached hydrogens (tertiary/aromatic N) is 2. The maximum absolute atomic E-state index is 13.6. The Hall–Kier alpha value is -3.36. The lowest BCUT2D eigenvalue weighted by molar-refractivity contribution is -0.139. The number of benzene rings is 2.